The molecule has 0 aliphatic carbocycles. The number of hydrogen-bond donors (Lipinski definition) is 1. The Morgan fingerprint density at radius 1 is 1.44 bits per heavy atom. The van der Waals surface area contributed by atoms with Gasteiger partial charge in [-0.2, -0.15) is 0 Å². The van der Waals surface area contributed by atoms with E-state index in [-0.39, 0.29) is 5.54 Å². The minimum Gasteiger partial charge on any atom is -0.338 e. The van der Waals surface area contributed by atoms with Gasteiger partial charge in [0.2, 0.25) is 0 Å². The summed E-state index contributed by atoms with van der Waals surface area (Å²) in [6.07, 6.45) is 5.58. The quantitative estimate of drug-likeness (QED) is 0.765. The van der Waals surface area contributed by atoms with Gasteiger partial charge in [0.25, 0.3) is 0 Å². The third-order valence-electron chi connectivity index (χ3n) is 2.96. The van der Waals surface area contributed by atoms with E-state index in [2.05, 4.69) is 17.2 Å². The lowest BCUT2D eigenvalue weighted by Gasteiger charge is -2.29. The molecule has 0 saturated heterocycles. The second-order valence-electron chi connectivity index (χ2n) is 4.03. The summed E-state index contributed by atoms with van der Waals surface area (Å²) < 4.78 is 2.02. The van der Waals surface area contributed by atoms with Crippen molar-refractivity contribution in [2.24, 2.45) is 7.05 Å². The van der Waals surface area contributed by atoms with Crippen molar-refractivity contribution in [1.82, 2.24) is 14.9 Å². The molecule has 16 heavy (non-hydrogen) atoms. The smallest absolute Gasteiger partial charge is 0.109 e. The topological polar surface area (TPSA) is 29.9 Å². The molecule has 0 radical (unpaired) electrons. The fourth-order valence-corrected chi connectivity index (χ4v) is 2.37. The molecular weight excluding hydrogens is 245 g/mol. The first-order valence-electron chi connectivity index (χ1n) is 5.50. The van der Waals surface area contributed by atoms with E-state index in [4.69, 9.17) is 23.2 Å². The van der Waals surface area contributed by atoms with Crippen LogP contribution in [0.25, 0.3) is 0 Å². The lowest BCUT2D eigenvalue weighted by atomic mass is 10.0. The van der Waals surface area contributed by atoms with Crippen LogP contribution in [0.2, 0.25) is 0 Å². The van der Waals surface area contributed by atoms with Gasteiger partial charge in [-0.15, -0.1) is 23.2 Å². The minimum atomic E-state index is -0.145. The van der Waals surface area contributed by atoms with E-state index in [0.29, 0.717) is 11.8 Å². The lowest BCUT2D eigenvalue weighted by Crippen LogP contribution is -2.49. The summed E-state index contributed by atoms with van der Waals surface area (Å²) in [5.41, 5.74) is -0.145. The van der Waals surface area contributed by atoms with E-state index < -0.39 is 0 Å². The van der Waals surface area contributed by atoms with Crippen LogP contribution in [0.3, 0.4) is 0 Å². The molecule has 1 aromatic heterocycles. The van der Waals surface area contributed by atoms with Crippen molar-refractivity contribution >= 4 is 23.2 Å². The molecule has 92 valence electrons. The molecule has 0 bridgehead atoms. The van der Waals surface area contributed by atoms with Gasteiger partial charge >= 0.3 is 0 Å². The van der Waals surface area contributed by atoms with Crippen LogP contribution in [-0.4, -0.2) is 33.4 Å². The van der Waals surface area contributed by atoms with Gasteiger partial charge in [-0.3, -0.25) is 0 Å². The zero-order chi connectivity index (χ0) is 12.0. The van der Waals surface area contributed by atoms with Gasteiger partial charge in [0.1, 0.15) is 5.82 Å². The predicted octanol–water partition coefficient (Wildman–Crippen LogP) is 2.18. The Balaban J connectivity index is 2.42. The van der Waals surface area contributed by atoms with E-state index in [0.717, 1.165) is 25.2 Å². The maximum atomic E-state index is 5.95. The van der Waals surface area contributed by atoms with Crippen LogP contribution < -0.4 is 5.32 Å². The molecule has 0 aliphatic rings. The zero-order valence-electron chi connectivity index (χ0n) is 9.84. The van der Waals surface area contributed by atoms with Gasteiger partial charge in [0.15, 0.2) is 0 Å². The number of halogens is 2. The number of nitrogens with zero attached hydrogens (tertiary/aromatic N) is 2. The Hall–Kier alpha value is -0.250. The summed E-state index contributed by atoms with van der Waals surface area (Å²) in [5, 5.41) is 3.43. The third-order valence-corrected chi connectivity index (χ3v) is 3.98. The molecule has 1 aromatic rings. The summed E-state index contributed by atoms with van der Waals surface area (Å²) in [4.78, 5) is 4.27. The molecule has 3 nitrogen and oxygen atoms in total. The fraction of sp³-hybridized carbons (Fsp3) is 0.727. The normalized spacial score (nSPS) is 12.0. The van der Waals surface area contributed by atoms with Crippen molar-refractivity contribution < 1.29 is 0 Å². The number of rotatable bonds is 7. The van der Waals surface area contributed by atoms with Gasteiger partial charge in [0.05, 0.1) is 0 Å². The SMILES string of the molecule is CCC(CCl)(CCl)NCCc1nccn1C. The first-order chi connectivity index (χ1) is 7.67. The maximum absolute atomic E-state index is 5.95. The highest BCUT2D eigenvalue weighted by atomic mass is 35.5. The lowest BCUT2D eigenvalue weighted by molar-refractivity contribution is 0.387. The highest BCUT2D eigenvalue weighted by molar-refractivity contribution is 6.22. The molecule has 5 heteroatoms. The number of hydrogen-bond acceptors (Lipinski definition) is 2. The van der Waals surface area contributed by atoms with Crippen LogP contribution in [0.1, 0.15) is 19.2 Å². The van der Waals surface area contributed by atoms with Crippen molar-refractivity contribution in [3.05, 3.63) is 18.2 Å². The van der Waals surface area contributed by atoms with E-state index in [1.165, 1.54) is 0 Å². The van der Waals surface area contributed by atoms with Gasteiger partial charge in [-0.05, 0) is 6.42 Å². The Kier molecular flexibility index (Phi) is 5.59. The van der Waals surface area contributed by atoms with E-state index in [1.54, 1.807) is 0 Å². The predicted molar refractivity (Wildman–Crippen MR) is 69.4 cm³/mol. The number of aromatic nitrogens is 2. The number of alkyl halides is 2. The summed E-state index contributed by atoms with van der Waals surface area (Å²) in [7, 11) is 2.00. The summed E-state index contributed by atoms with van der Waals surface area (Å²) >= 11 is 11.9. The Morgan fingerprint density at radius 3 is 2.56 bits per heavy atom. The molecule has 1 heterocycles. The highest BCUT2D eigenvalue weighted by Crippen LogP contribution is 2.14. The number of nitrogens with one attached hydrogen (secondary N) is 1. The van der Waals surface area contributed by atoms with Crippen LogP contribution in [0.15, 0.2) is 12.4 Å². The molecule has 0 aromatic carbocycles. The van der Waals surface area contributed by atoms with Crippen LogP contribution in [0.4, 0.5) is 0 Å². The zero-order valence-corrected chi connectivity index (χ0v) is 11.4. The molecule has 0 fully saturated rings. The highest BCUT2D eigenvalue weighted by Gasteiger charge is 2.25. The Morgan fingerprint density at radius 2 is 2.12 bits per heavy atom. The molecule has 0 spiro atoms. The number of imidazole rings is 1. The van der Waals surface area contributed by atoms with E-state index in [9.17, 15) is 0 Å². The van der Waals surface area contributed by atoms with Crippen molar-refractivity contribution in [3.63, 3.8) is 0 Å². The molecule has 1 N–H and O–H groups in total. The molecular formula is C11H19Cl2N3. The summed E-state index contributed by atoms with van der Waals surface area (Å²) in [5.74, 6) is 2.14. The van der Waals surface area contributed by atoms with Crippen molar-refractivity contribution in [3.8, 4) is 0 Å². The standard InChI is InChI=1S/C11H19Cl2N3/c1-3-11(8-12,9-13)15-5-4-10-14-6-7-16(10)2/h6-7,15H,3-5,8-9H2,1-2H3. The second-order valence-corrected chi connectivity index (χ2v) is 4.57. The van der Waals surface area contributed by atoms with E-state index >= 15 is 0 Å². The van der Waals surface area contributed by atoms with Gasteiger partial charge in [-0.1, -0.05) is 6.92 Å². The van der Waals surface area contributed by atoms with Crippen LogP contribution in [-0.2, 0) is 13.5 Å². The van der Waals surface area contributed by atoms with Gasteiger partial charge in [-0.25, -0.2) is 4.98 Å². The van der Waals surface area contributed by atoms with Gasteiger partial charge in [0, 0.05) is 49.7 Å². The van der Waals surface area contributed by atoms with Crippen LogP contribution in [0, 0.1) is 0 Å². The van der Waals surface area contributed by atoms with Gasteiger partial charge < -0.3 is 9.88 Å². The Labute approximate surface area is 107 Å². The summed E-state index contributed by atoms with van der Waals surface area (Å²) in [6.45, 7) is 2.94. The molecule has 1 rings (SSSR count). The second kappa shape index (κ2) is 6.48. The van der Waals surface area contributed by atoms with Crippen molar-refractivity contribution in [1.29, 1.82) is 0 Å². The minimum absolute atomic E-state index is 0.145. The van der Waals surface area contributed by atoms with Crippen LogP contribution in [0.5, 0.6) is 0 Å². The van der Waals surface area contributed by atoms with Crippen molar-refractivity contribution in [2.45, 2.75) is 25.3 Å². The van der Waals surface area contributed by atoms with Crippen LogP contribution >= 0.6 is 23.2 Å². The molecule has 0 aliphatic heterocycles. The largest absolute Gasteiger partial charge is 0.338 e. The third kappa shape index (κ3) is 3.37. The first-order valence-corrected chi connectivity index (χ1v) is 6.57. The van der Waals surface area contributed by atoms with E-state index in [1.807, 2.05) is 24.0 Å². The summed E-state index contributed by atoms with van der Waals surface area (Å²) in [6, 6.07) is 0. The van der Waals surface area contributed by atoms with Crippen molar-refractivity contribution in [2.75, 3.05) is 18.3 Å². The number of aryl methyl sites for hydroxylation is 1. The molecule has 0 atom stereocenters. The maximum Gasteiger partial charge on any atom is 0.109 e. The molecule has 0 unspecified atom stereocenters. The average molecular weight is 264 g/mol. The Bertz CT molecular complexity index is 300. The average Bonchev–Trinajstić information content (AvgIpc) is 2.71. The monoisotopic (exact) mass is 263 g/mol. The molecule has 0 saturated carbocycles. The fourth-order valence-electron chi connectivity index (χ4n) is 1.52. The first kappa shape index (κ1) is 13.8. The molecule has 0 amide bonds.